The Hall–Kier alpha value is -1.53. The zero-order valence-corrected chi connectivity index (χ0v) is 16.3. The van der Waals surface area contributed by atoms with E-state index in [-0.39, 0.29) is 12.4 Å². The molecule has 0 spiro atoms. The molecule has 0 amide bonds. The number of benzene rings is 1. The van der Waals surface area contributed by atoms with E-state index in [1.165, 1.54) is 0 Å². The molecule has 138 valence electrons. The Balaban J connectivity index is 2.40. The molecule has 0 saturated carbocycles. The van der Waals surface area contributed by atoms with Crippen molar-refractivity contribution >= 4 is 13.1 Å². The van der Waals surface area contributed by atoms with Gasteiger partial charge in [-0.05, 0) is 52.3 Å². The Kier molecular flexibility index (Phi) is 5.54. The van der Waals surface area contributed by atoms with E-state index in [1.54, 1.807) is 14.0 Å². The highest BCUT2D eigenvalue weighted by molar-refractivity contribution is 6.50. The van der Waals surface area contributed by atoms with Crippen molar-refractivity contribution in [1.82, 2.24) is 0 Å². The van der Waals surface area contributed by atoms with Crippen molar-refractivity contribution in [2.75, 3.05) is 13.7 Å². The second-order valence-corrected chi connectivity index (χ2v) is 7.72. The number of ether oxygens (including phenoxy) is 2. The molecule has 1 saturated heterocycles. The van der Waals surface area contributed by atoms with Crippen LogP contribution in [0, 0.1) is 0 Å². The first kappa shape index (κ1) is 19.8. The van der Waals surface area contributed by atoms with Crippen LogP contribution in [0.15, 0.2) is 24.3 Å². The average Bonchev–Trinajstić information content (AvgIpc) is 2.76. The maximum Gasteiger partial charge on any atom is 0.469 e. The molecule has 0 radical (unpaired) electrons. The molecule has 5 nitrogen and oxygen atoms in total. The van der Waals surface area contributed by atoms with Crippen LogP contribution in [0.3, 0.4) is 0 Å². The Morgan fingerprint density at radius 2 is 1.64 bits per heavy atom. The molecule has 0 N–H and O–H groups in total. The van der Waals surface area contributed by atoms with Gasteiger partial charge >= 0.3 is 13.1 Å². The number of rotatable bonds is 6. The van der Waals surface area contributed by atoms with Crippen LogP contribution in [0.5, 0.6) is 5.75 Å². The third kappa shape index (κ3) is 3.85. The summed E-state index contributed by atoms with van der Waals surface area (Å²) in [7, 11) is 1.07. The van der Waals surface area contributed by atoms with Gasteiger partial charge in [-0.25, -0.2) is 0 Å². The maximum atomic E-state index is 12.3. The van der Waals surface area contributed by atoms with Gasteiger partial charge in [-0.3, -0.25) is 4.79 Å². The third-order valence-electron chi connectivity index (χ3n) is 5.34. The van der Waals surface area contributed by atoms with Gasteiger partial charge in [-0.2, -0.15) is 0 Å². The Morgan fingerprint density at radius 3 is 2.08 bits per heavy atom. The SMILES string of the molecule is CCOC(=O)C[C@@](C)(B1OC(C)(C)C(C)(C)O1)c1ccc(OC)cc1. The van der Waals surface area contributed by atoms with Crippen molar-refractivity contribution < 1.29 is 23.6 Å². The Morgan fingerprint density at radius 1 is 1.12 bits per heavy atom. The molecule has 0 aliphatic carbocycles. The van der Waals surface area contributed by atoms with E-state index in [0.29, 0.717) is 6.61 Å². The molecule has 1 aromatic carbocycles. The van der Waals surface area contributed by atoms with Crippen LogP contribution in [-0.2, 0) is 24.2 Å². The summed E-state index contributed by atoms with van der Waals surface area (Å²) in [5.41, 5.74) is -0.0000208. The summed E-state index contributed by atoms with van der Waals surface area (Å²) in [6.07, 6.45) is 0.171. The lowest BCUT2D eigenvalue weighted by atomic mass is 9.53. The average molecular weight is 348 g/mol. The summed E-state index contributed by atoms with van der Waals surface area (Å²) in [6.45, 7) is 12.2. The predicted molar refractivity (Wildman–Crippen MR) is 97.7 cm³/mol. The van der Waals surface area contributed by atoms with Crippen LogP contribution in [0.25, 0.3) is 0 Å². The highest BCUT2D eigenvalue weighted by Gasteiger charge is 2.59. The van der Waals surface area contributed by atoms with E-state index >= 15 is 0 Å². The van der Waals surface area contributed by atoms with Gasteiger partial charge in [0.05, 0.1) is 31.3 Å². The van der Waals surface area contributed by atoms with Crippen molar-refractivity contribution in [1.29, 1.82) is 0 Å². The molecule has 1 aliphatic rings. The van der Waals surface area contributed by atoms with Gasteiger partial charge in [0, 0.05) is 5.31 Å². The normalized spacial score (nSPS) is 20.8. The molecule has 0 bridgehead atoms. The first-order valence-electron chi connectivity index (χ1n) is 8.71. The standard InChI is InChI=1S/C19H29BO5/c1-8-23-16(21)13-19(6,14-9-11-15(22-7)12-10-14)20-24-17(2,3)18(4,5)25-20/h9-12H,8,13H2,1-7H3/t19-/m1/s1. The number of carbonyl (C=O) groups is 1. The predicted octanol–water partition coefficient (Wildman–Crippen LogP) is 3.54. The van der Waals surface area contributed by atoms with Crippen LogP contribution < -0.4 is 4.74 Å². The van der Waals surface area contributed by atoms with E-state index in [0.717, 1.165) is 11.3 Å². The molecule has 6 heteroatoms. The molecule has 1 atom stereocenters. The van der Waals surface area contributed by atoms with Crippen molar-refractivity contribution in [3.63, 3.8) is 0 Å². The molecule has 1 aromatic rings. The molecule has 0 aromatic heterocycles. The van der Waals surface area contributed by atoms with Gasteiger partial charge in [0.15, 0.2) is 0 Å². The fraction of sp³-hybridized carbons (Fsp3) is 0.632. The van der Waals surface area contributed by atoms with E-state index in [4.69, 9.17) is 18.8 Å². The van der Waals surface area contributed by atoms with Crippen LogP contribution in [0.1, 0.15) is 53.5 Å². The zero-order chi connectivity index (χ0) is 18.9. The van der Waals surface area contributed by atoms with E-state index in [9.17, 15) is 4.79 Å². The van der Waals surface area contributed by atoms with Crippen molar-refractivity contribution in [2.45, 2.75) is 64.5 Å². The minimum Gasteiger partial charge on any atom is -0.497 e. The van der Waals surface area contributed by atoms with E-state index in [2.05, 4.69) is 0 Å². The fourth-order valence-electron chi connectivity index (χ4n) is 2.91. The minimum atomic E-state index is -0.677. The van der Waals surface area contributed by atoms with E-state index < -0.39 is 23.6 Å². The Bertz CT molecular complexity index is 595. The van der Waals surface area contributed by atoms with Crippen LogP contribution in [0.2, 0.25) is 0 Å². The summed E-state index contributed by atoms with van der Waals surface area (Å²) in [4.78, 5) is 12.3. The highest BCUT2D eigenvalue weighted by Crippen LogP contribution is 2.44. The van der Waals surface area contributed by atoms with Crippen LogP contribution in [0.4, 0.5) is 0 Å². The molecule has 0 unspecified atom stereocenters. The number of hydrogen-bond donors (Lipinski definition) is 0. The number of carbonyl (C=O) groups excluding carboxylic acids is 1. The smallest absolute Gasteiger partial charge is 0.469 e. The molecular formula is C19H29BO5. The lowest BCUT2D eigenvalue weighted by Crippen LogP contribution is -2.45. The first-order chi connectivity index (χ1) is 11.6. The van der Waals surface area contributed by atoms with Gasteiger partial charge in [0.2, 0.25) is 0 Å². The van der Waals surface area contributed by atoms with Crippen LogP contribution in [-0.4, -0.2) is 38.0 Å². The van der Waals surface area contributed by atoms with Crippen molar-refractivity contribution in [3.05, 3.63) is 29.8 Å². The van der Waals surface area contributed by atoms with Crippen molar-refractivity contribution in [3.8, 4) is 5.75 Å². The lowest BCUT2D eigenvalue weighted by Gasteiger charge is -2.32. The number of esters is 1. The van der Waals surface area contributed by atoms with E-state index in [1.807, 2.05) is 58.9 Å². The van der Waals surface area contributed by atoms with Gasteiger partial charge < -0.3 is 18.8 Å². The monoisotopic (exact) mass is 348 g/mol. The quantitative estimate of drug-likeness (QED) is 0.581. The van der Waals surface area contributed by atoms with Gasteiger partial charge in [0.1, 0.15) is 5.75 Å². The summed E-state index contributed by atoms with van der Waals surface area (Å²) in [5, 5.41) is -0.677. The second-order valence-electron chi connectivity index (χ2n) is 7.72. The lowest BCUT2D eigenvalue weighted by molar-refractivity contribution is -0.144. The topological polar surface area (TPSA) is 54.0 Å². The molecule has 1 heterocycles. The summed E-state index contributed by atoms with van der Waals surface area (Å²) >= 11 is 0. The molecule has 1 fully saturated rings. The molecular weight excluding hydrogens is 319 g/mol. The second kappa shape index (κ2) is 7.00. The number of methoxy groups -OCH3 is 1. The third-order valence-corrected chi connectivity index (χ3v) is 5.34. The molecule has 25 heavy (non-hydrogen) atoms. The van der Waals surface area contributed by atoms with Crippen molar-refractivity contribution in [2.24, 2.45) is 0 Å². The van der Waals surface area contributed by atoms with Gasteiger partial charge in [0.25, 0.3) is 0 Å². The molecule has 1 aliphatic heterocycles. The summed E-state index contributed by atoms with van der Waals surface area (Å²) in [5.74, 6) is 0.492. The summed E-state index contributed by atoms with van der Waals surface area (Å²) < 4.78 is 22.9. The highest BCUT2D eigenvalue weighted by atomic mass is 16.7. The first-order valence-corrected chi connectivity index (χ1v) is 8.71. The molecule has 2 rings (SSSR count). The number of hydrogen-bond acceptors (Lipinski definition) is 5. The summed E-state index contributed by atoms with van der Waals surface area (Å²) in [6, 6.07) is 7.65. The van der Waals surface area contributed by atoms with Gasteiger partial charge in [-0.1, -0.05) is 19.1 Å². The minimum absolute atomic E-state index is 0.171. The maximum absolute atomic E-state index is 12.3. The fourth-order valence-corrected chi connectivity index (χ4v) is 2.91. The Labute approximate surface area is 151 Å². The zero-order valence-electron chi connectivity index (χ0n) is 16.3. The van der Waals surface area contributed by atoms with Gasteiger partial charge in [-0.15, -0.1) is 0 Å². The van der Waals surface area contributed by atoms with Crippen LogP contribution >= 0.6 is 0 Å². The largest absolute Gasteiger partial charge is 0.497 e.